The molecule has 2 aliphatic heterocycles. The number of rotatable bonds is 10. The van der Waals surface area contributed by atoms with Gasteiger partial charge in [-0.05, 0) is 63.2 Å². The molecule has 0 aromatic carbocycles. The first-order chi connectivity index (χ1) is 14.7. The maximum absolute atomic E-state index is 10.6. The van der Waals surface area contributed by atoms with Crippen LogP contribution >= 0.6 is 0 Å². The van der Waals surface area contributed by atoms with E-state index in [4.69, 9.17) is 9.47 Å². The zero-order chi connectivity index (χ0) is 20.6. The number of nitrogens with zero attached hydrogens (tertiary/aromatic N) is 2. The third-order valence-corrected chi connectivity index (χ3v) is 8.09. The lowest BCUT2D eigenvalue weighted by Gasteiger charge is -2.36. The molecule has 0 unspecified atom stereocenters. The van der Waals surface area contributed by atoms with E-state index in [0.717, 1.165) is 90.0 Å². The quantitative estimate of drug-likeness (QED) is 0.582. The third kappa shape index (κ3) is 7.44. The van der Waals surface area contributed by atoms with Crippen molar-refractivity contribution >= 4 is 0 Å². The lowest BCUT2D eigenvalue weighted by molar-refractivity contribution is -0.0276. The van der Waals surface area contributed by atoms with Gasteiger partial charge in [-0.1, -0.05) is 25.7 Å². The smallest absolute Gasteiger partial charge is 0.0793 e. The van der Waals surface area contributed by atoms with Crippen molar-refractivity contribution in [2.45, 2.75) is 95.4 Å². The highest BCUT2D eigenvalue weighted by atomic mass is 16.5. The second-order valence-corrected chi connectivity index (χ2v) is 10.6. The van der Waals surface area contributed by atoms with Gasteiger partial charge in [0.15, 0.2) is 0 Å². The lowest BCUT2D eigenvalue weighted by atomic mass is 10.0. The van der Waals surface area contributed by atoms with E-state index in [1.54, 1.807) is 0 Å². The van der Waals surface area contributed by atoms with Crippen LogP contribution in [-0.4, -0.2) is 85.7 Å². The van der Waals surface area contributed by atoms with Crippen LogP contribution in [0.2, 0.25) is 0 Å². The maximum atomic E-state index is 10.6. The zero-order valence-electron chi connectivity index (χ0n) is 19.2. The number of likely N-dealkylation sites (tertiary alicyclic amines) is 2. The van der Waals surface area contributed by atoms with E-state index in [2.05, 4.69) is 9.80 Å². The Morgan fingerprint density at radius 2 is 0.967 bits per heavy atom. The largest absolute Gasteiger partial charge is 0.390 e. The number of hydrogen-bond donors (Lipinski definition) is 1. The Kier molecular flexibility index (Phi) is 9.31. The fraction of sp³-hybridized carbons (Fsp3) is 1.00. The number of hydrogen-bond acceptors (Lipinski definition) is 5. The molecule has 0 aromatic heterocycles. The van der Waals surface area contributed by atoms with Crippen LogP contribution in [-0.2, 0) is 9.47 Å². The summed E-state index contributed by atoms with van der Waals surface area (Å²) in [5, 5.41) is 10.6. The highest BCUT2D eigenvalue weighted by Gasteiger charge is 2.26. The topological polar surface area (TPSA) is 45.2 Å². The second-order valence-electron chi connectivity index (χ2n) is 10.6. The Morgan fingerprint density at radius 1 is 0.600 bits per heavy atom. The first kappa shape index (κ1) is 23.0. The Bertz CT molecular complexity index is 421. The van der Waals surface area contributed by atoms with Crippen LogP contribution in [0.4, 0.5) is 0 Å². The molecule has 30 heavy (non-hydrogen) atoms. The van der Waals surface area contributed by atoms with E-state index in [1.807, 2.05) is 0 Å². The number of β-amino-alcohol motifs (C(OH)–C–C–N with tert-alkyl or cyclic N) is 1. The lowest BCUT2D eigenvalue weighted by Crippen LogP contribution is -2.46. The van der Waals surface area contributed by atoms with Crippen LogP contribution in [0.3, 0.4) is 0 Å². The number of aliphatic hydroxyl groups excluding tert-OH is 1. The summed E-state index contributed by atoms with van der Waals surface area (Å²) in [4.78, 5) is 4.88. The second kappa shape index (κ2) is 12.2. The van der Waals surface area contributed by atoms with Gasteiger partial charge in [-0.2, -0.15) is 0 Å². The maximum Gasteiger partial charge on any atom is 0.0793 e. The summed E-state index contributed by atoms with van der Waals surface area (Å²) in [7, 11) is 0. The van der Waals surface area contributed by atoms with Gasteiger partial charge in [0, 0.05) is 52.5 Å². The van der Waals surface area contributed by atoms with Crippen LogP contribution in [0.15, 0.2) is 0 Å². The molecule has 5 heteroatoms. The van der Waals surface area contributed by atoms with Gasteiger partial charge < -0.3 is 24.4 Å². The van der Waals surface area contributed by atoms with Gasteiger partial charge >= 0.3 is 0 Å². The number of piperidine rings is 2. The summed E-state index contributed by atoms with van der Waals surface area (Å²) >= 11 is 0. The molecule has 0 bridgehead atoms. The zero-order valence-corrected chi connectivity index (χ0v) is 19.2. The van der Waals surface area contributed by atoms with Crippen molar-refractivity contribution in [3.63, 3.8) is 0 Å². The van der Waals surface area contributed by atoms with Crippen molar-refractivity contribution < 1.29 is 14.6 Å². The molecule has 0 radical (unpaired) electrons. The highest BCUT2D eigenvalue weighted by molar-refractivity contribution is 4.80. The minimum Gasteiger partial charge on any atom is -0.390 e. The molecule has 2 saturated heterocycles. The van der Waals surface area contributed by atoms with E-state index >= 15 is 0 Å². The molecule has 4 fully saturated rings. The summed E-state index contributed by atoms with van der Waals surface area (Å²) < 4.78 is 12.4. The standard InChI is InChI=1S/C25H46N2O3/c28-23(17-26-13-9-24(10-14-26)29-19-21-5-1-2-6-21)18-27-15-11-25(12-16-27)30-20-22-7-3-4-8-22/h21-25,28H,1-20H2. The molecule has 2 saturated carbocycles. The molecule has 0 aromatic rings. The van der Waals surface area contributed by atoms with Crippen LogP contribution in [0.5, 0.6) is 0 Å². The molecule has 0 spiro atoms. The number of ether oxygens (including phenoxy) is 2. The molecule has 1 N–H and O–H groups in total. The monoisotopic (exact) mass is 422 g/mol. The molecule has 174 valence electrons. The van der Waals surface area contributed by atoms with Gasteiger partial charge in [0.05, 0.1) is 18.3 Å². The molecular weight excluding hydrogens is 376 g/mol. The van der Waals surface area contributed by atoms with E-state index in [0.29, 0.717) is 12.2 Å². The van der Waals surface area contributed by atoms with Gasteiger partial charge in [0.25, 0.3) is 0 Å². The van der Waals surface area contributed by atoms with Crippen molar-refractivity contribution in [3.05, 3.63) is 0 Å². The van der Waals surface area contributed by atoms with E-state index in [-0.39, 0.29) is 6.10 Å². The van der Waals surface area contributed by atoms with Crippen molar-refractivity contribution in [3.8, 4) is 0 Å². The Hall–Kier alpha value is -0.200. The normalized spacial score (nSPS) is 27.0. The van der Waals surface area contributed by atoms with Crippen molar-refractivity contribution in [1.29, 1.82) is 0 Å². The van der Waals surface area contributed by atoms with Gasteiger partial charge in [-0.15, -0.1) is 0 Å². The van der Waals surface area contributed by atoms with Gasteiger partial charge in [0.2, 0.25) is 0 Å². The van der Waals surface area contributed by atoms with Crippen molar-refractivity contribution in [2.75, 3.05) is 52.5 Å². The van der Waals surface area contributed by atoms with Crippen molar-refractivity contribution in [2.24, 2.45) is 11.8 Å². The number of aliphatic hydroxyl groups is 1. The molecule has 4 rings (SSSR count). The fourth-order valence-corrected chi connectivity index (χ4v) is 6.07. The summed E-state index contributed by atoms with van der Waals surface area (Å²) in [5.41, 5.74) is 0. The first-order valence-electron chi connectivity index (χ1n) is 13.1. The minimum atomic E-state index is -0.239. The van der Waals surface area contributed by atoms with Crippen LogP contribution in [0, 0.1) is 11.8 Å². The summed E-state index contributed by atoms with van der Waals surface area (Å²) in [6, 6.07) is 0. The first-order valence-corrected chi connectivity index (χ1v) is 13.1. The van der Waals surface area contributed by atoms with E-state index in [1.165, 1.54) is 51.4 Å². The Labute approximate surface area is 184 Å². The van der Waals surface area contributed by atoms with Crippen LogP contribution in [0.25, 0.3) is 0 Å². The molecule has 2 heterocycles. The SMILES string of the molecule is OC(CN1CCC(OCC2CCCC2)CC1)CN1CCC(OCC2CCCC2)CC1. The van der Waals surface area contributed by atoms with Gasteiger partial charge in [-0.3, -0.25) is 0 Å². The Balaban J connectivity index is 1.04. The predicted molar refractivity (Wildman–Crippen MR) is 121 cm³/mol. The third-order valence-electron chi connectivity index (χ3n) is 8.09. The average Bonchev–Trinajstić information content (AvgIpc) is 3.47. The molecule has 0 atom stereocenters. The predicted octanol–water partition coefficient (Wildman–Crippen LogP) is 3.69. The molecule has 4 aliphatic rings. The summed E-state index contributed by atoms with van der Waals surface area (Å²) in [6.45, 7) is 7.88. The summed E-state index contributed by atoms with van der Waals surface area (Å²) in [6.07, 6.45) is 16.2. The summed E-state index contributed by atoms with van der Waals surface area (Å²) in [5.74, 6) is 1.64. The van der Waals surface area contributed by atoms with Gasteiger partial charge in [0.1, 0.15) is 0 Å². The molecule has 5 nitrogen and oxygen atoms in total. The van der Waals surface area contributed by atoms with Crippen LogP contribution in [0.1, 0.15) is 77.0 Å². The van der Waals surface area contributed by atoms with Crippen molar-refractivity contribution in [1.82, 2.24) is 9.80 Å². The minimum absolute atomic E-state index is 0.239. The van der Waals surface area contributed by atoms with Crippen LogP contribution < -0.4 is 0 Å². The molecular formula is C25H46N2O3. The highest BCUT2D eigenvalue weighted by Crippen LogP contribution is 2.27. The molecule has 0 amide bonds. The molecule has 2 aliphatic carbocycles. The average molecular weight is 423 g/mol. The Morgan fingerprint density at radius 3 is 1.33 bits per heavy atom. The van der Waals surface area contributed by atoms with E-state index in [9.17, 15) is 5.11 Å². The van der Waals surface area contributed by atoms with Gasteiger partial charge in [-0.25, -0.2) is 0 Å². The van der Waals surface area contributed by atoms with E-state index < -0.39 is 0 Å². The fourth-order valence-electron chi connectivity index (χ4n) is 6.07.